The molecule has 6 nitrogen and oxygen atoms in total. The third kappa shape index (κ3) is 3.04. The maximum atomic E-state index is 13.4. The van der Waals surface area contributed by atoms with Crippen LogP contribution in [-0.2, 0) is 0 Å². The van der Waals surface area contributed by atoms with Gasteiger partial charge in [-0.1, -0.05) is 11.6 Å². The zero-order valence-electron chi connectivity index (χ0n) is 12.0. The van der Waals surface area contributed by atoms with Crippen molar-refractivity contribution < 1.29 is 9.13 Å². The molecule has 0 N–H and O–H groups in total. The van der Waals surface area contributed by atoms with Crippen LogP contribution >= 0.6 is 11.6 Å². The van der Waals surface area contributed by atoms with Crippen LogP contribution in [0.3, 0.4) is 0 Å². The van der Waals surface area contributed by atoms with E-state index >= 15 is 0 Å². The largest absolute Gasteiger partial charge is 0.479 e. The van der Waals surface area contributed by atoms with Crippen molar-refractivity contribution in [3.05, 3.63) is 35.4 Å². The highest BCUT2D eigenvalue weighted by Crippen LogP contribution is 2.20. The van der Waals surface area contributed by atoms with Crippen molar-refractivity contribution in [2.75, 3.05) is 43.1 Å². The van der Waals surface area contributed by atoms with E-state index in [4.69, 9.17) is 16.3 Å². The molecule has 1 aliphatic rings. The Balaban J connectivity index is 1.67. The molecule has 0 amide bonds. The quantitative estimate of drug-likeness (QED) is 0.861. The van der Waals surface area contributed by atoms with Crippen molar-refractivity contribution in [1.29, 1.82) is 0 Å². The molecule has 0 radical (unpaired) electrons. The number of nitrogens with zero attached hydrogens (tertiary/aromatic N) is 5. The minimum Gasteiger partial charge on any atom is -0.479 e. The highest BCUT2D eigenvalue weighted by Gasteiger charge is 2.21. The van der Waals surface area contributed by atoms with Crippen molar-refractivity contribution in [2.24, 2.45) is 0 Å². The number of hydrogen-bond acceptors (Lipinski definition) is 6. The van der Waals surface area contributed by atoms with Crippen LogP contribution in [0.1, 0.15) is 0 Å². The first-order valence-corrected chi connectivity index (χ1v) is 7.23. The zero-order valence-corrected chi connectivity index (χ0v) is 12.8. The first-order chi connectivity index (χ1) is 10.7. The summed E-state index contributed by atoms with van der Waals surface area (Å²) >= 11 is 5.85. The molecule has 0 saturated carbocycles. The molecule has 1 aliphatic heterocycles. The lowest BCUT2D eigenvalue weighted by molar-refractivity contribution is 0.366. The number of hydrogen-bond donors (Lipinski definition) is 0. The van der Waals surface area contributed by atoms with Crippen LogP contribution in [0, 0.1) is 5.82 Å². The fourth-order valence-electron chi connectivity index (χ4n) is 2.33. The van der Waals surface area contributed by atoms with Gasteiger partial charge in [-0.05, 0) is 12.1 Å². The van der Waals surface area contributed by atoms with Gasteiger partial charge >= 0.3 is 0 Å². The molecule has 1 saturated heterocycles. The third-order valence-electron chi connectivity index (χ3n) is 3.49. The first kappa shape index (κ1) is 14.8. The van der Waals surface area contributed by atoms with Gasteiger partial charge in [0.1, 0.15) is 5.82 Å². The Morgan fingerprint density at radius 1 is 1.09 bits per heavy atom. The van der Waals surface area contributed by atoms with Gasteiger partial charge in [-0.3, -0.25) is 0 Å². The van der Waals surface area contributed by atoms with Crippen molar-refractivity contribution in [3.63, 3.8) is 0 Å². The van der Waals surface area contributed by atoms with Crippen molar-refractivity contribution in [1.82, 2.24) is 15.0 Å². The lowest BCUT2D eigenvalue weighted by Crippen LogP contribution is -2.47. The first-order valence-electron chi connectivity index (χ1n) is 6.85. The summed E-state index contributed by atoms with van der Waals surface area (Å²) in [5.41, 5.74) is 0. The van der Waals surface area contributed by atoms with E-state index in [9.17, 15) is 4.39 Å². The molecule has 1 fully saturated rings. The molecule has 0 aliphatic carbocycles. The van der Waals surface area contributed by atoms with Crippen LogP contribution in [0.2, 0.25) is 5.02 Å². The number of halogens is 2. The highest BCUT2D eigenvalue weighted by molar-refractivity contribution is 6.30. The summed E-state index contributed by atoms with van der Waals surface area (Å²) in [6.45, 7) is 2.99. The summed E-state index contributed by atoms with van der Waals surface area (Å²) in [5.74, 6) is 0.769. The number of ether oxygens (including phenoxy) is 1. The van der Waals surface area contributed by atoms with E-state index in [0.29, 0.717) is 11.0 Å². The second kappa shape index (κ2) is 6.31. The van der Waals surface area contributed by atoms with E-state index in [2.05, 4.69) is 19.9 Å². The number of pyridine rings is 1. The van der Waals surface area contributed by atoms with Gasteiger partial charge in [-0.15, -0.1) is 0 Å². The average molecular weight is 324 g/mol. The van der Waals surface area contributed by atoms with Crippen LogP contribution in [0.15, 0.2) is 24.5 Å². The number of anilines is 2. The van der Waals surface area contributed by atoms with E-state index < -0.39 is 5.82 Å². The topological polar surface area (TPSA) is 54.4 Å². The van der Waals surface area contributed by atoms with Crippen LogP contribution < -0.4 is 14.5 Å². The van der Waals surface area contributed by atoms with Gasteiger partial charge < -0.3 is 14.5 Å². The molecule has 22 heavy (non-hydrogen) atoms. The Labute approximate surface area is 132 Å². The summed E-state index contributed by atoms with van der Waals surface area (Å²) in [7, 11) is 1.39. The third-order valence-corrected chi connectivity index (χ3v) is 3.71. The van der Waals surface area contributed by atoms with Crippen molar-refractivity contribution >= 4 is 23.4 Å². The van der Waals surface area contributed by atoms with Gasteiger partial charge in [-0.25, -0.2) is 9.97 Å². The smallest absolute Gasteiger partial charge is 0.255 e. The van der Waals surface area contributed by atoms with E-state index in [0.717, 1.165) is 38.2 Å². The van der Waals surface area contributed by atoms with E-state index in [-0.39, 0.29) is 5.88 Å². The molecular weight excluding hydrogens is 309 g/mol. The molecular formula is C14H15ClFN5O. The van der Waals surface area contributed by atoms with E-state index in [1.807, 2.05) is 17.0 Å². The lowest BCUT2D eigenvalue weighted by atomic mass is 10.3. The normalized spacial score (nSPS) is 15.0. The summed E-state index contributed by atoms with van der Waals surface area (Å²) in [6.07, 6.45) is 2.77. The molecule has 3 rings (SSSR count). The molecule has 0 unspecified atom stereocenters. The maximum Gasteiger partial charge on any atom is 0.255 e. The standard InChI is InChI=1S/C14H15ClFN5O/c1-22-13-11(16)9-18-14(19-13)21-6-4-20(5-7-21)12-3-2-10(15)8-17-12/h2-3,8-9H,4-7H2,1H3. The molecule has 8 heteroatoms. The fourth-order valence-corrected chi connectivity index (χ4v) is 2.44. The van der Waals surface area contributed by atoms with Crippen molar-refractivity contribution in [3.8, 4) is 5.88 Å². The Hall–Kier alpha value is -2.15. The summed E-state index contributed by atoms with van der Waals surface area (Å²) in [5, 5.41) is 0.620. The van der Waals surface area contributed by atoms with Crippen LogP contribution in [0.5, 0.6) is 5.88 Å². The zero-order chi connectivity index (χ0) is 15.5. The Morgan fingerprint density at radius 2 is 1.82 bits per heavy atom. The minimum atomic E-state index is -0.560. The summed E-state index contributed by atoms with van der Waals surface area (Å²) in [4.78, 5) is 16.6. The molecule has 0 bridgehead atoms. The van der Waals surface area contributed by atoms with E-state index in [1.165, 1.54) is 7.11 Å². The number of aromatic nitrogens is 3. The Morgan fingerprint density at radius 3 is 2.45 bits per heavy atom. The Kier molecular flexibility index (Phi) is 4.24. The van der Waals surface area contributed by atoms with Crippen LogP contribution in [0.4, 0.5) is 16.2 Å². The van der Waals surface area contributed by atoms with Gasteiger partial charge in [-0.2, -0.15) is 9.37 Å². The number of rotatable bonds is 3. The van der Waals surface area contributed by atoms with Gasteiger partial charge in [0.2, 0.25) is 11.8 Å². The predicted molar refractivity (Wildman–Crippen MR) is 82.2 cm³/mol. The van der Waals surface area contributed by atoms with Gasteiger partial charge in [0, 0.05) is 32.4 Å². The van der Waals surface area contributed by atoms with Gasteiger partial charge in [0.25, 0.3) is 5.88 Å². The van der Waals surface area contributed by atoms with Gasteiger partial charge in [0.15, 0.2) is 0 Å². The average Bonchev–Trinajstić information content (AvgIpc) is 2.56. The minimum absolute atomic E-state index is 0.0354. The van der Waals surface area contributed by atoms with Crippen LogP contribution in [0.25, 0.3) is 0 Å². The monoisotopic (exact) mass is 323 g/mol. The second-order valence-corrected chi connectivity index (χ2v) is 5.27. The number of methoxy groups -OCH3 is 1. The number of piperazine rings is 1. The Bertz CT molecular complexity index is 646. The predicted octanol–water partition coefficient (Wildman–Crippen LogP) is 2.00. The second-order valence-electron chi connectivity index (χ2n) is 4.84. The summed E-state index contributed by atoms with van der Waals surface area (Å²) < 4.78 is 18.2. The van der Waals surface area contributed by atoms with Gasteiger partial charge in [0.05, 0.1) is 18.3 Å². The SMILES string of the molecule is COc1nc(N2CCN(c3ccc(Cl)cn3)CC2)ncc1F. The van der Waals surface area contributed by atoms with E-state index in [1.54, 1.807) is 6.20 Å². The molecule has 3 heterocycles. The van der Waals surface area contributed by atoms with Crippen LogP contribution in [-0.4, -0.2) is 48.2 Å². The molecule has 2 aromatic rings. The molecule has 0 atom stereocenters. The fraction of sp³-hybridized carbons (Fsp3) is 0.357. The molecule has 2 aromatic heterocycles. The highest BCUT2D eigenvalue weighted by atomic mass is 35.5. The molecule has 0 aromatic carbocycles. The van der Waals surface area contributed by atoms with Crippen molar-refractivity contribution in [2.45, 2.75) is 0 Å². The lowest BCUT2D eigenvalue weighted by Gasteiger charge is -2.35. The summed E-state index contributed by atoms with van der Waals surface area (Å²) in [6, 6.07) is 3.72. The maximum absolute atomic E-state index is 13.4. The molecule has 0 spiro atoms. The molecule has 116 valence electrons.